The van der Waals surface area contributed by atoms with Gasteiger partial charge >= 0.3 is 19.5 Å². The van der Waals surface area contributed by atoms with Gasteiger partial charge in [-0.2, -0.15) is 5.10 Å². The molecule has 1 aliphatic heterocycles. The van der Waals surface area contributed by atoms with Crippen molar-refractivity contribution in [2.75, 3.05) is 91.0 Å². The van der Waals surface area contributed by atoms with Gasteiger partial charge in [0.25, 0.3) is 0 Å². The predicted octanol–water partition coefficient (Wildman–Crippen LogP) is 6.69. The first-order valence-electron chi connectivity index (χ1n) is 32.2. The Morgan fingerprint density at radius 2 is 1.24 bits per heavy atom. The van der Waals surface area contributed by atoms with Crippen LogP contribution in [0.4, 0.5) is 5.82 Å². The zero-order chi connectivity index (χ0) is 66.9. The van der Waals surface area contributed by atoms with Gasteiger partial charge in [-0.25, -0.2) is 9.78 Å². The van der Waals surface area contributed by atoms with Crippen molar-refractivity contribution >= 4 is 98.7 Å². The number of unbranched alkanes of at least 4 members (excludes halogenated alkanes) is 13. The van der Waals surface area contributed by atoms with E-state index in [0.717, 1.165) is 51.4 Å². The molecule has 0 spiro atoms. The van der Waals surface area contributed by atoms with Gasteiger partial charge < -0.3 is 69.7 Å². The first-order chi connectivity index (χ1) is 44.2. The maximum absolute atomic E-state index is 14.5. The number of aryl methyl sites for hydroxylation is 1. The van der Waals surface area contributed by atoms with Crippen LogP contribution in [0.15, 0.2) is 34.9 Å². The number of carboxylic acids is 2. The van der Waals surface area contributed by atoms with Crippen LogP contribution in [-0.2, 0) is 77.5 Å². The molecule has 27 nitrogen and oxygen atoms in total. The summed E-state index contributed by atoms with van der Waals surface area (Å²) in [7, 11) is -3.77. The number of anilines is 1. The van der Waals surface area contributed by atoms with Crippen molar-refractivity contribution in [1.29, 1.82) is 0 Å². The molecule has 3 heterocycles. The summed E-state index contributed by atoms with van der Waals surface area (Å²) in [6.45, 7) is 7.18. The number of aromatic nitrogens is 3. The summed E-state index contributed by atoms with van der Waals surface area (Å²) in [6, 6.07) is 5.66. The van der Waals surface area contributed by atoms with Crippen LogP contribution in [0.5, 0.6) is 0 Å². The molecule has 7 N–H and O–H groups in total. The van der Waals surface area contributed by atoms with Crippen LogP contribution in [0.3, 0.4) is 0 Å². The highest BCUT2D eigenvalue weighted by Crippen LogP contribution is 2.59. The maximum Gasteiger partial charge on any atom is 0.361 e. The molecule has 1 saturated carbocycles. The molecule has 0 unspecified atom stereocenters. The number of rotatable bonds is 50. The normalized spacial score (nSPS) is 16.2. The van der Waals surface area contributed by atoms with Gasteiger partial charge in [-0.3, -0.25) is 47.6 Å². The molecule has 92 heavy (non-hydrogen) atoms. The van der Waals surface area contributed by atoms with Gasteiger partial charge in [0.15, 0.2) is 5.78 Å². The van der Waals surface area contributed by atoms with Gasteiger partial charge in [-0.05, 0) is 98.6 Å². The molecule has 29 heteroatoms. The van der Waals surface area contributed by atoms with Crippen molar-refractivity contribution < 1.29 is 85.9 Å². The molecular weight excluding hydrogens is 1280 g/mol. The van der Waals surface area contributed by atoms with Crippen LogP contribution in [0.25, 0.3) is 10.9 Å². The number of piperidine rings is 1. The van der Waals surface area contributed by atoms with Crippen molar-refractivity contribution in [3.05, 3.63) is 46.2 Å². The van der Waals surface area contributed by atoms with Gasteiger partial charge in [0.05, 0.1) is 63.7 Å². The Kier molecular flexibility index (Phi) is 33.9. The SMILES string of the molecule is CCOP(=O)(OCC)c1ccc2c(C(C)=O)nn(CC(=O)N3[C@H](C(=O)Nc4nc(Br)ccc4C)C[C@@]4(CNC(=O)COCCOCCNC(=O)COCCOCCNC(=O)CC[C@H](NC(=O)CCCCCCCCCCCCCCCCC(=O)O)C(=O)O)C[C@@H]34)c2c1. The number of carboxylic acid groups (broad SMARTS) is 2. The Hall–Kier alpha value is -6.26. The van der Waals surface area contributed by atoms with Crippen LogP contribution in [-0.4, -0.2) is 187 Å². The number of benzene rings is 1. The van der Waals surface area contributed by atoms with Crippen molar-refractivity contribution in [3.8, 4) is 0 Å². The lowest BCUT2D eigenvalue weighted by Crippen LogP contribution is -2.47. The van der Waals surface area contributed by atoms with E-state index in [0.29, 0.717) is 39.7 Å². The summed E-state index contributed by atoms with van der Waals surface area (Å²) in [5.74, 6) is -4.42. The highest BCUT2D eigenvalue weighted by Gasteiger charge is 2.67. The molecule has 1 aliphatic carbocycles. The number of Topliss-reactive ketones (excluding diaryl/α,β-unsaturated/α-hetero) is 1. The van der Waals surface area contributed by atoms with Gasteiger partial charge in [-0.15, -0.1) is 0 Å². The summed E-state index contributed by atoms with van der Waals surface area (Å²) in [4.78, 5) is 120. The summed E-state index contributed by atoms with van der Waals surface area (Å²) in [5, 5.41) is 37.1. The molecule has 1 saturated heterocycles. The number of nitrogens with one attached hydrogen (secondary N) is 5. The van der Waals surface area contributed by atoms with Gasteiger partial charge in [0.2, 0.25) is 35.4 Å². The molecule has 2 fully saturated rings. The van der Waals surface area contributed by atoms with Gasteiger partial charge in [-0.1, -0.05) is 83.1 Å². The number of pyridine rings is 1. The van der Waals surface area contributed by atoms with E-state index >= 15 is 0 Å². The third-order valence-corrected chi connectivity index (χ3v) is 18.5. The molecule has 6 amide bonds. The second kappa shape index (κ2) is 40.8. The molecule has 5 rings (SSSR count). The number of hydrogen-bond donors (Lipinski definition) is 7. The lowest BCUT2D eigenvalue weighted by molar-refractivity contribution is -0.142. The highest BCUT2D eigenvalue weighted by atomic mass is 79.9. The number of halogens is 1. The molecule has 0 bridgehead atoms. The van der Waals surface area contributed by atoms with E-state index < -0.39 is 60.8 Å². The van der Waals surface area contributed by atoms with Crippen LogP contribution in [0.1, 0.15) is 165 Å². The topological polar surface area (TPSA) is 361 Å². The third kappa shape index (κ3) is 26.3. The number of aliphatic carboxylic acids is 2. The fourth-order valence-electron chi connectivity index (χ4n) is 11.0. The van der Waals surface area contributed by atoms with Crippen LogP contribution in [0.2, 0.25) is 0 Å². The second-order valence-electron chi connectivity index (χ2n) is 23.1. The Labute approximate surface area is 546 Å². The van der Waals surface area contributed by atoms with Gasteiger partial charge in [0.1, 0.15) is 48.0 Å². The van der Waals surface area contributed by atoms with E-state index in [1.54, 1.807) is 51.1 Å². The Balaban J connectivity index is 0.894. The first-order valence-corrected chi connectivity index (χ1v) is 34.6. The van der Waals surface area contributed by atoms with E-state index in [2.05, 4.69) is 52.6 Å². The van der Waals surface area contributed by atoms with Crippen molar-refractivity contribution in [1.82, 2.24) is 40.9 Å². The van der Waals surface area contributed by atoms with Crippen molar-refractivity contribution in [3.63, 3.8) is 0 Å². The summed E-state index contributed by atoms with van der Waals surface area (Å²) >= 11 is 3.35. The zero-order valence-electron chi connectivity index (χ0n) is 53.7. The lowest BCUT2D eigenvalue weighted by atomic mass is 9.99. The predicted molar refractivity (Wildman–Crippen MR) is 344 cm³/mol. The van der Waals surface area contributed by atoms with E-state index in [1.165, 1.54) is 48.6 Å². The Morgan fingerprint density at radius 3 is 1.80 bits per heavy atom. The van der Waals surface area contributed by atoms with E-state index in [9.17, 15) is 52.8 Å². The molecule has 2 aromatic heterocycles. The molecular formula is C63H95BrN9O18P. The number of likely N-dealkylation sites (tertiary alicyclic amines) is 1. The average molecular weight is 1380 g/mol. The quantitative estimate of drug-likeness (QED) is 0.0134. The number of amides is 6. The monoisotopic (exact) mass is 1380 g/mol. The highest BCUT2D eigenvalue weighted by molar-refractivity contribution is 9.10. The van der Waals surface area contributed by atoms with Crippen LogP contribution >= 0.6 is 23.5 Å². The summed E-state index contributed by atoms with van der Waals surface area (Å²) in [6.07, 6.45) is 15.9. The second-order valence-corrected chi connectivity index (χ2v) is 26.0. The summed E-state index contributed by atoms with van der Waals surface area (Å²) in [5.41, 5.74) is 0.516. The average Bonchev–Trinajstić information content (AvgIpc) is 1.54. The molecule has 3 aromatic rings. The van der Waals surface area contributed by atoms with Crippen LogP contribution < -0.4 is 31.9 Å². The minimum absolute atomic E-state index is 0.0558. The molecule has 1 aromatic carbocycles. The number of ether oxygens (including phenoxy) is 4. The fourth-order valence-corrected chi connectivity index (χ4v) is 12.9. The third-order valence-electron chi connectivity index (χ3n) is 15.9. The van der Waals surface area contributed by atoms with Gasteiger partial charge in [0, 0.05) is 62.7 Å². The Morgan fingerprint density at radius 1 is 0.685 bits per heavy atom. The number of ketones is 1. The maximum atomic E-state index is 14.5. The smallest absolute Gasteiger partial charge is 0.361 e. The van der Waals surface area contributed by atoms with E-state index in [1.807, 2.05) is 0 Å². The largest absolute Gasteiger partial charge is 0.481 e. The number of carbonyl (C=O) groups is 9. The minimum atomic E-state index is -3.77. The molecule has 0 radical (unpaired) electrons. The fraction of sp³-hybridized carbons (Fsp3) is 0.667. The summed E-state index contributed by atoms with van der Waals surface area (Å²) < 4.78 is 48.7. The van der Waals surface area contributed by atoms with Crippen molar-refractivity contribution in [2.45, 2.75) is 181 Å². The number of hydrogen-bond acceptors (Lipinski definition) is 18. The van der Waals surface area contributed by atoms with E-state index in [4.69, 9.17) is 33.1 Å². The molecule has 512 valence electrons. The standard InChI is InChI=1S/C63H95BrN9O18P/c1-5-90-92(85,91-6-2)46-24-25-47-49(37-46)72(71-59(47)45(4)74)40-57(79)73-50(61(82)70-60-44(3)23-27-52(64)69-60)38-63(39-51(63)73)43-67-56(78)42-89-36-34-87-32-30-66-55(77)41-88-35-33-86-31-29-65-53(75)28-26-48(62(83)84)68-54(76)21-19-17-15-13-11-9-7-8-10-12-14-16-18-20-22-58(80)81/h23-25,27,37,48,50-51H,5-22,26,28-36,38-43H2,1-4H3,(H,65,75)(H,66,77)(H,67,78)(H,68,76)(H,80,81)(H,83,84)(H,69,70,82)/t48-,50-,51+,63-/m0/s1. The number of carbonyl (C=O) groups excluding carboxylic acids is 7. The van der Waals surface area contributed by atoms with Crippen LogP contribution in [0, 0.1) is 12.3 Å². The molecule has 2 aliphatic rings. The first kappa shape index (κ1) is 76.5. The minimum Gasteiger partial charge on any atom is -0.481 e. The lowest BCUT2D eigenvalue weighted by Gasteiger charge is -2.27. The number of nitrogens with zero attached hydrogens (tertiary/aromatic N) is 4. The molecule has 4 atom stereocenters. The zero-order valence-corrected chi connectivity index (χ0v) is 56.2. The van der Waals surface area contributed by atoms with Crippen molar-refractivity contribution in [2.24, 2.45) is 5.41 Å². The Bertz CT molecular complexity index is 2960. The number of fused-ring (bicyclic) bond motifs is 2. The van der Waals surface area contributed by atoms with E-state index in [-0.39, 0.29) is 159 Å².